The van der Waals surface area contributed by atoms with Crippen LogP contribution in [0.15, 0.2) is 12.4 Å². The number of hydrogen-bond donors (Lipinski definition) is 1. The van der Waals surface area contributed by atoms with Crippen LogP contribution in [0, 0.1) is 20.6 Å². The molecule has 0 radical (unpaired) electrons. The fourth-order valence-electron chi connectivity index (χ4n) is 1.36. The largest absolute Gasteiger partial charge is 0.368 e. The van der Waals surface area contributed by atoms with Gasteiger partial charge in [-0.25, -0.2) is 9.67 Å². The lowest BCUT2D eigenvalue weighted by Crippen LogP contribution is -2.09. The van der Waals surface area contributed by atoms with E-state index in [9.17, 15) is 10.1 Å². The van der Waals surface area contributed by atoms with Gasteiger partial charge in [0.05, 0.1) is 14.7 Å². The van der Waals surface area contributed by atoms with Crippen LogP contribution in [-0.2, 0) is 0 Å². The predicted octanol–water partition coefficient (Wildman–Crippen LogP) is 1.07. The Kier molecular flexibility index (Phi) is 2.92. The molecule has 8 nitrogen and oxygen atoms in total. The van der Waals surface area contributed by atoms with Crippen LogP contribution in [0.2, 0.25) is 0 Å². The summed E-state index contributed by atoms with van der Waals surface area (Å²) >= 11 is 2.05. The van der Waals surface area contributed by atoms with Crippen molar-refractivity contribution in [3.8, 4) is 5.82 Å². The van der Waals surface area contributed by atoms with Crippen molar-refractivity contribution in [3.05, 3.63) is 31.8 Å². The van der Waals surface area contributed by atoms with E-state index in [2.05, 4.69) is 15.1 Å². The number of nitrogen functional groups attached to an aromatic ring is 1. The molecule has 0 aliphatic carbocycles. The Bertz CT molecular complexity index is 596. The molecule has 0 aliphatic rings. The third-order valence-electron chi connectivity index (χ3n) is 2.01. The maximum Gasteiger partial charge on any atom is 0.334 e. The molecular weight excluding hydrogens is 339 g/mol. The van der Waals surface area contributed by atoms with Crippen LogP contribution in [0.4, 0.5) is 11.6 Å². The molecular formula is C8H7IN6O2. The summed E-state index contributed by atoms with van der Waals surface area (Å²) in [5.74, 6) is 0.0523. The third kappa shape index (κ3) is 2.18. The Morgan fingerprint density at radius 3 is 2.76 bits per heavy atom. The summed E-state index contributed by atoms with van der Waals surface area (Å²) in [6.45, 7) is 1.51. The fourth-order valence-corrected chi connectivity index (χ4v) is 1.75. The zero-order valence-corrected chi connectivity index (χ0v) is 10.8. The Morgan fingerprint density at radius 1 is 1.53 bits per heavy atom. The van der Waals surface area contributed by atoms with Crippen LogP contribution in [0.1, 0.15) is 5.69 Å². The van der Waals surface area contributed by atoms with E-state index >= 15 is 0 Å². The number of nitrogens with zero attached hydrogens (tertiary/aromatic N) is 5. The van der Waals surface area contributed by atoms with Gasteiger partial charge in [-0.1, -0.05) is 0 Å². The van der Waals surface area contributed by atoms with Crippen LogP contribution >= 0.6 is 22.6 Å². The molecule has 0 saturated heterocycles. The van der Waals surface area contributed by atoms with Crippen molar-refractivity contribution in [2.24, 2.45) is 0 Å². The molecule has 2 rings (SSSR count). The Morgan fingerprint density at radius 2 is 2.24 bits per heavy atom. The molecule has 2 N–H and O–H groups in total. The standard InChI is InChI=1S/C8H7IN6O2/c1-4-6(15(16)17)7(13-8(10)12-4)14-3-5(9)2-11-14/h2-3H,1H3,(H2,10,12,13). The Labute approximate surface area is 109 Å². The molecule has 0 aliphatic heterocycles. The topological polar surface area (TPSA) is 113 Å². The van der Waals surface area contributed by atoms with E-state index in [1.807, 2.05) is 22.6 Å². The van der Waals surface area contributed by atoms with E-state index in [1.54, 1.807) is 12.4 Å². The van der Waals surface area contributed by atoms with Gasteiger partial charge in [0, 0.05) is 6.20 Å². The number of nitrogens with two attached hydrogens (primary N) is 1. The van der Waals surface area contributed by atoms with Gasteiger partial charge in [0.25, 0.3) is 0 Å². The van der Waals surface area contributed by atoms with E-state index in [0.29, 0.717) is 0 Å². The Balaban J connectivity index is 2.71. The average molecular weight is 346 g/mol. The fraction of sp³-hybridized carbons (Fsp3) is 0.125. The minimum Gasteiger partial charge on any atom is -0.368 e. The van der Waals surface area contributed by atoms with E-state index in [0.717, 1.165) is 3.57 Å². The number of aromatic nitrogens is 4. The van der Waals surface area contributed by atoms with Crippen LogP contribution in [0.3, 0.4) is 0 Å². The highest BCUT2D eigenvalue weighted by atomic mass is 127. The second-order valence-corrected chi connectivity index (χ2v) is 4.45. The van der Waals surface area contributed by atoms with Crippen molar-refractivity contribution < 1.29 is 4.92 Å². The van der Waals surface area contributed by atoms with Gasteiger partial charge in [-0.3, -0.25) is 10.1 Å². The minimum absolute atomic E-state index is 0.0198. The number of nitro groups is 1. The van der Waals surface area contributed by atoms with Gasteiger partial charge in [-0.05, 0) is 29.5 Å². The molecule has 0 spiro atoms. The van der Waals surface area contributed by atoms with Crippen molar-refractivity contribution in [2.45, 2.75) is 6.92 Å². The number of rotatable bonds is 2. The van der Waals surface area contributed by atoms with E-state index < -0.39 is 4.92 Å². The lowest BCUT2D eigenvalue weighted by Gasteiger charge is -2.04. The minimum atomic E-state index is -0.543. The highest BCUT2D eigenvalue weighted by Crippen LogP contribution is 2.24. The molecule has 0 saturated carbocycles. The quantitative estimate of drug-likeness (QED) is 0.494. The highest BCUT2D eigenvalue weighted by Gasteiger charge is 2.23. The van der Waals surface area contributed by atoms with Gasteiger partial charge in [-0.15, -0.1) is 0 Å². The van der Waals surface area contributed by atoms with Crippen LogP contribution in [-0.4, -0.2) is 24.7 Å². The second-order valence-electron chi connectivity index (χ2n) is 3.20. The smallest absolute Gasteiger partial charge is 0.334 e. The first kappa shape index (κ1) is 11.7. The molecule has 0 aromatic carbocycles. The lowest BCUT2D eigenvalue weighted by molar-refractivity contribution is -0.385. The zero-order chi connectivity index (χ0) is 12.6. The van der Waals surface area contributed by atoms with Gasteiger partial charge in [0.1, 0.15) is 5.69 Å². The van der Waals surface area contributed by atoms with E-state index in [-0.39, 0.29) is 23.1 Å². The van der Waals surface area contributed by atoms with Crippen molar-refractivity contribution >= 4 is 34.2 Å². The maximum atomic E-state index is 11.0. The predicted molar refractivity (Wildman–Crippen MR) is 67.7 cm³/mol. The first-order valence-electron chi connectivity index (χ1n) is 4.48. The molecule has 0 fully saturated rings. The molecule has 9 heteroatoms. The van der Waals surface area contributed by atoms with Crippen LogP contribution < -0.4 is 5.73 Å². The molecule has 17 heavy (non-hydrogen) atoms. The van der Waals surface area contributed by atoms with Crippen molar-refractivity contribution in [3.63, 3.8) is 0 Å². The summed E-state index contributed by atoms with van der Waals surface area (Å²) in [6.07, 6.45) is 3.19. The first-order valence-corrected chi connectivity index (χ1v) is 5.56. The molecule has 0 unspecified atom stereocenters. The highest BCUT2D eigenvalue weighted by molar-refractivity contribution is 14.1. The average Bonchev–Trinajstić information content (AvgIpc) is 2.62. The molecule has 0 bridgehead atoms. The van der Waals surface area contributed by atoms with E-state index in [1.165, 1.54) is 11.6 Å². The maximum absolute atomic E-state index is 11.0. The van der Waals surface area contributed by atoms with Crippen LogP contribution in [0.5, 0.6) is 0 Å². The number of hydrogen-bond acceptors (Lipinski definition) is 6. The normalized spacial score (nSPS) is 10.5. The lowest BCUT2D eigenvalue weighted by atomic mass is 10.3. The van der Waals surface area contributed by atoms with Crippen molar-refractivity contribution in [1.82, 2.24) is 19.7 Å². The summed E-state index contributed by atoms with van der Waals surface area (Å²) < 4.78 is 2.15. The summed E-state index contributed by atoms with van der Waals surface area (Å²) in [5.41, 5.74) is 5.50. The van der Waals surface area contributed by atoms with E-state index in [4.69, 9.17) is 5.73 Å². The van der Waals surface area contributed by atoms with Gasteiger partial charge >= 0.3 is 5.69 Å². The molecule has 2 aromatic heterocycles. The second kappa shape index (κ2) is 4.24. The summed E-state index contributed by atoms with van der Waals surface area (Å²) in [5, 5.41) is 14.9. The number of aryl methyl sites for hydroxylation is 1. The number of halogens is 1. The summed E-state index contributed by atoms with van der Waals surface area (Å²) in [4.78, 5) is 18.1. The monoisotopic (exact) mass is 346 g/mol. The molecule has 0 amide bonds. The molecule has 2 aromatic rings. The summed E-state index contributed by atoms with van der Waals surface area (Å²) in [6, 6.07) is 0. The van der Waals surface area contributed by atoms with Crippen molar-refractivity contribution in [2.75, 3.05) is 5.73 Å². The van der Waals surface area contributed by atoms with Gasteiger partial charge in [0.2, 0.25) is 11.8 Å². The van der Waals surface area contributed by atoms with Crippen molar-refractivity contribution in [1.29, 1.82) is 0 Å². The molecule has 0 atom stereocenters. The zero-order valence-electron chi connectivity index (χ0n) is 8.66. The molecule has 2 heterocycles. The third-order valence-corrected chi connectivity index (χ3v) is 2.56. The Hall–Kier alpha value is -1.78. The van der Waals surface area contributed by atoms with Crippen LogP contribution in [0.25, 0.3) is 5.82 Å². The SMILES string of the molecule is Cc1nc(N)nc(-n2cc(I)cn2)c1[N+](=O)[O-]. The first-order chi connectivity index (χ1) is 7.99. The number of anilines is 1. The van der Waals surface area contributed by atoms with Gasteiger partial charge < -0.3 is 5.73 Å². The van der Waals surface area contributed by atoms with Gasteiger partial charge in [-0.2, -0.15) is 10.1 Å². The summed E-state index contributed by atoms with van der Waals surface area (Å²) in [7, 11) is 0. The molecule has 88 valence electrons. The van der Waals surface area contributed by atoms with Gasteiger partial charge in [0.15, 0.2) is 0 Å².